The summed E-state index contributed by atoms with van der Waals surface area (Å²) in [6.45, 7) is 2.84. The van der Waals surface area contributed by atoms with Crippen molar-refractivity contribution in [3.05, 3.63) is 65.5 Å². The van der Waals surface area contributed by atoms with E-state index >= 15 is 0 Å². The molecule has 2 aromatic carbocycles. The molecule has 0 atom stereocenters. The molecule has 0 spiro atoms. The molecule has 1 aliphatic rings. The number of carbonyl (C=O) groups excluding carboxylic acids is 2. The fourth-order valence-electron chi connectivity index (χ4n) is 2.98. The van der Waals surface area contributed by atoms with Gasteiger partial charge in [0.1, 0.15) is 11.6 Å². The normalized spacial score (nSPS) is 14.3. The van der Waals surface area contributed by atoms with Crippen LogP contribution in [0.2, 0.25) is 0 Å². The van der Waals surface area contributed by atoms with Gasteiger partial charge in [0.25, 0.3) is 5.91 Å². The molecule has 2 N–H and O–H groups in total. The van der Waals surface area contributed by atoms with Gasteiger partial charge in [0.05, 0.1) is 13.2 Å². The Balaban J connectivity index is 1.45. The van der Waals surface area contributed by atoms with Gasteiger partial charge < -0.3 is 15.4 Å². The molecule has 0 aliphatic heterocycles. The Bertz CT molecular complexity index is 799. The molecule has 27 heavy (non-hydrogen) atoms. The van der Waals surface area contributed by atoms with Crippen LogP contribution in [0.25, 0.3) is 0 Å². The fourth-order valence-corrected chi connectivity index (χ4v) is 2.98. The van der Waals surface area contributed by atoms with Gasteiger partial charge in [-0.05, 0) is 61.7 Å². The van der Waals surface area contributed by atoms with Gasteiger partial charge in [0, 0.05) is 17.5 Å². The van der Waals surface area contributed by atoms with Crippen LogP contribution in [-0.4, -0.2) is 31.5 Å². The second kappa shape index (κ2) is 8.20. The molecular formula is C21H23FN2O3. The minimum atomic E-state index is -0.312. The molecule has 0 aromatic heterocycles. The van der Waals surface area contributed by atoms with E-state index in [1.165, 1.54) is 12.1 Å². The SMILES string of the molecule is CCOc1ccc(C(=O)NCC(=O)NCC2(c3ccc(F)cc3)CC2)cc1. The Kier molecular flexibility index (Phi) is 5.74. The molecule has 1 saturated carbocycles. The highest BCUT2D eigenvalue weighted by Crippen LogP contribution is 2.47. The Hall–Kier alpha value is -2.89. The van der Waals surface area contributed by atoms with E-state index in [2.05, 4.69) is 10.6 Å². The van der Waals surface area contributed by atoms with Crippen molar-refractivity contribution < 1.29 is 18.7 Å². The molecule has 0 bridgehead atoms. The van der Waals surface area contributed by atoms with E-state index in [9.17, 15) is 14.0 Å². The molecule has 0 radical (unpaired) electrons. The van der Waals surface area contributed by atoms with E-state index in [1.54, 1.807) is 36.4 Å². The van der Waals surface area contributed by atoms with Crippen molar-refractivity contribution in [2.24, 2.45) is 0 Å². The average molecular weight is 370 g/mol. The molecular weight excluding hydrogens is 347 g/mol. The number of amides is 2. The van der Waals surface area contributed by atoms with Gasteiger partial charge in [0.15, 0.2) is 0 Å². The lowest BCUT2D eigenvalue weighted by Crippen LogP contribution is -2.40. The second-order valence-electron chi connectivity index (χ2n) is 6.70. The Morgan fingerprint density at radius 3 is 2.30 bits per heavy atom. The van der Waals surface area contributed by atoms with Crippen molar-refractivity contribution in [2.75, 3.05) is 19.7 Å². The monoisotopic (exact) mass is 370 g/mol. The van der Waals surface area contributed by atoms with Crippen molar-refractivity contribution in [2.45, 2.75) is 25.2 Å². The van der Waals surface area contributed by atoms with Crippen LogP contribution in [0.15, 0.2) is 48.5 Å². The van der Waals surface area contributed by atoms with E-state index in [1.807, 2.05) is 6.92 Å². The maximum absolute atomic E-state index is 13.1. The maximum Gasteiger partial charge on any atom is 0.251 e. The van der Waals surface area contributed by atoms with Crippen LogP contribution >= 0.6 is 0 Å². The lowest BCUT2D eigenvalue weighted by molar-refractivity contribution is -0.120. The summed E-state index contributed by atoms with van der Waals surface area (Å²) in [6, 6.07) is 13.2. The highest BCUT2D eigenvalue weighted by molar-refractivity contribution is 5.96. The van der Waals surface area contributed by atoms with E-state index in [0.717, 1.165) is 18.4 Å². The van der Waals surface area contributed by atoms with Crippen LogP contribution in [0, 0.1) is 5.82 Å². The van der Waals surface area contributed by atoms with Crippen LogP contribution in [0.1, 0.15) is 35.7 Å². The van der Waals surface area contributed by atoms with Crippen molar-refractivity contribution in [3.63, 3.8) is 0 Å². The second-order valence-corrected chi connectivity index (χ2v) is 6.70. The molecule has 1 fully saturated rings. The fraction of sp³-hybridized carbons (Fsp3) is 0.333. The summed E-state index contributed by atoms with van der Waals surface area (Å²) >= 11 is 0. The van der Waals surface area contributed by atoms with Crippen LogP contribution < -0.4 is 15.4 Å². The van der Waals surface area contributed by atoms with E-state index < -0.39 is 0 Å². The first-order valence-electron chi connectivity index (χ1n) is 9.06. The van der Waals surface area contributed by atoms with Crippen LogP contribution in [0.5, 0.6) is 5.75 Å². The first-order valence-corrected chi connectivity index (χ1v) is 9.06. The molecule has 142 valence electrons. The average Bonchev–Trinajstić information content (AvgIpc) is 3.47. The Labute approximate surface area is 157 Å². The number of nitrogens with one attached hydrogen (secondary N) is 2. The molecule has 0 unspecified atom stereocenters. The summed E-state index contributed by atoms with van der Waals surface area (Å²) < 4.78 is 18.4. The number of hydrogen-bond donors (Lipinski definition) is 2. The smallest absolute Gasteiger partial charge is 0.251 e. The Morgan fingerprint density at radius 2 is 1.70 bits per heavy atom. The van der Waals surface area contributed by atoms with Gasteiger partial charge >= 0.3 is 0 Å². The van der Waals surface area contributed by atoms with E-state index in [0.29, 0.717) is 24.5 Å². The lowest BCUT2D eigenvalue weighted by atomic mass is 9.96. The zero-order valence-corrected chi connectivity index (χ0v) is 15.3. The zero-order valence-electron chi connectivity index (χ0n) is 15.3. The van der Waals surface area contributed by atoms with Crippen LogP contribution in [0.3, 0.4) is 0 Å². The molecule has 0 saturated heterocycles. The summed E-state index contributed by atoms with van der Waals surface area (Å²) in [7, 11) is 0. The summed E-state index contributed by atoms with van der Waals surface area (Å²) in [4.78, 5) is 24.2. The summed E-state index contributed by atoms with van der Waals surface area (Å²) in [5.74, 6) is -0.131. The van der Waals surface area contributed by atoms with Gasteiger partial charge in [-0.1, -0.05) is 12.1 Å². The minimum Gasteiger partial charge on any atom is -0.494 e. The molecule has 2 amide bonds. The zero-order chi connectivity index (χ0) is 19.3. The highest BCUT2D eigenvalue weighted by Gasteiger charge is 2.44. The van der Waals surface area contributed by atoms with Crippen molar-refractivity contribution >= 4 is 11.8 Å². The number of carbonyl (C=O) groups is 2. The van der Waals surface area contributed by atoms with Gasteiger partial charge in [0.2, 0.25) is 5.91 Å². The van der Waals surface area contributed by atoms with E-state index in [-0.39, 0.29) is 29.6 Å². The maximum atomic E-state index is 13.1. The number of ether oxygens (including phenoxy) is 1. The van der Waals surface area contributed by atoms with Crippen molar-refractivity contribution in [1.29, 1.82) is 0 Å². The Morgan fingerprint density at radius 1 is 1.04 bits per heavy atom. The standard InChI is InChI=1S/C21H23FN2O3/c1-2-27-18-9-3-15(4-10-18)20(26)23-13-19(25)24-14-21(11-12-21)16-5-7-17(22)8-6-16/h3-10H,2,11-14H2,1H3,(H,23,26)(H,24,25). The van der Waals surface area contributed by atoms with Gasteiger partial charge in [-0.25, -0.2) is 4.39 Å². The third-order valence-electron chi connectivity index (χ3n) is 4.77. The number of hydrogen-bond acceptors (Lipinski definition) is 3. The number of benzene rings is 2. The highest BCUT2D eigenvalue weighted by atomic mass is 19.1. The summed E-state index contributed by atoms with van der Waals surface area (Å²) in [6.07, 6.45) is 1.91. The number of rotatable bonds is 8. The summed E-state index contributed by atoms with van der Waals surface area (Å²) in [5, 5.41) is 5.48. The summed E-state index contributed by atoms with van der Waals surface area (Å²) in [5.41, 5.74) is 1.39. The molecule has 3 rings (SSSR count). The first-order chi connectivity index (χ1) is 13.0. The van der Waals surface area contributed by atoms with E-state index in [4.69, 9.17) is 4.74 Å². The van der Waals surface area contributed by atoms with Gasteiger partial charge in [-0.2, -0.15) is 0 Å². The lowest BCUT2D eigenvalue weighted by Gasteiger charge is -2.17. The molecule has 5 nitrogen and oxygen atoms in total. The van der Waals surface area contributed by atoms with Crippen molar-refractivity contribution in [1.82, 2.24) is 10.6 Å². The quantitative estimate of drug-likeness (QED) is 0.751. The first kappa shape index (κ1) is 18.9. The van der Waals surface area contributed by atoms with Crippen molar-refractivity contribution in [3.8, 4) is 5.75 Å². The molecule has 6 heteroatoms. The van der Waals surface area contributed by atoms with Gasteiger partial charge in [-0.15, -0.1) is 0 Å². The largest absolute Gasteiger partial charge is 0.494 e. The topological polar surface area (TPSA) is 67.4 Å². The number of halogens is 1. The molecule has 2 aromatic rings. The minimum absolute atomic E-state index is 0.0917. The van der Waals surface area contributed by atoms with Crippen LogP contribution in [-0.2, 0) is 10.2 Å². The molecule has 0 heterocycles. The predicted molar refractivity (Wildman–Crippen MR) is 100 cm³/mol. The third kappa shape index (κ3) is 4.84. The third-order valence-corrected chi connectivity index (χ3v) is 4.77. The van der Waals surface area contributed by atoms with Gasteiger partial charge in [-0.3, -0.25) is 9.59 Å². The predicted octanol–water partition coefficient (Wildman–Crippen LogP) is 2.80. The molecule has 1 aliphatic carbocycles. The van der Waals surface area contributed by atoms with Crippen LogP contribution in [0.4, 0.5) is 4.39 Å².